The van der Waals surface area contributed by atoms with E-state index < -0.39 is 0 Å². The van der Waals surface area contributed by atoms with Crippen LogP contribution in [0.5, 0.6) is 0 Å². The first-order valence-electron chi connectivity index (χ1n) is 6.23. The number of carbonyl (C=O) groups excluding carboxylic acids is 1. The van der Waals surface area contributed by atoms with Gasteiger partial charge in [0, 0.05) is 13.0 Å². The molecule has 0 fully saturated rings. The Bertz CT molecular complexity index is 423. The van der Waals surface area contributed by atoms with Crippen molar-refractivity contribution >= 4 is 5.91 Å². The van der Waals surface area contributed by atoms with Crippen molar-refractivity contribution in [3.05, 3.63) is 47.5 Å². The molecular weight excluding hydrogens is 210 g/mol. The van der Waals surface area contributed by atoms with E-state index in [1.165, 1.54) is 11.1 Å². The fourth-order valence-electron chi connectivity index (χ4n) is 2.18. The highest BCUT2D eigenvalue weighted by Gasteiger charge is 2.13. The molecule has 17 heavy (non-hydrogen) atoms. The summed E-state index contributed by atoms with van der Waals surface area (Å²) >= 11 is 0. The Kier molecular flexibility index (Phi) is 3.97. The van der Waals surface area contributed by atoms with E-state index in [2.05, 4.69) is 36.5 Å². The Labute approximate surface area is 103 Å². The Morgan fingerprint density at radius 1 is 1.41 bits per heavy atom. The summed E-state index contributed by atoms with van der Waals surface area (Å²) in [6.07, 6.45) is 7.20. The maximum Gasteiger partial charge on any atom is 0.220 e. The third-order valence-corrected chi connectivity index (χ3v) is 3.30. The average molecular weight is 229 g/mol. The minimum Gasteiger partial charge on any atom is -0.352 e. The molecule has 0 saturated heterocycles. The highest BCUT2D eigenvalue weighted by molar-refractivity contribution is 5.76. The average Bonchev–Trinajstić information content (AvgIpc) is 2.81. The number of benzene rings is 1. The van der Waals surface area contributed by atoms with Crippen LogP contribution < -0.4 is 5.32 Å². The van der Waals surface area contributed by atoms with Crippen LogP contribution in [-0.2, 0) is 11.3 Å². The molecule has 1 unspecified atom stereocenters. The van der Waals surface area contributed by atoms with Crippen LogP contribution in [0.4, 0.5) is 0 Å². The van der Waals surface area contributed by atoms with Gasteiger partial charge in [-0.1, -0.05) is 36.4 Å². The zero-order chi connectivity index (χ0) is 12.1. The van der Waals surface area contributed by atoms with Gasteiger partial charge in [-0.05, 0) is 36.8 Å². The van der Waals surface area contributed by atoms with Gasteiger partial charge < -0.3 is 5.32 Å². The number of nitrogens with one attached hydrogen (secondary N) is 1. The number of rotatable bonds is 4. The zero-order valence-corrected chi connectivity index (χ0v) is 10.3. The molecule has 2 nitrogen and oxygen atoms in total. The summed E-state index contributed by atoms with van der Waals surface area (Å²) in [7, 11) is 0. The highest BCUT2D eigenvalue weighted by Crippen LogP contribution is 2.20. The van der Waals surface area contributed by atoms with Gasteiger partial charge in [-0.15, -0.1) is 0 Å². The predicted molar refractivity (Wildman–Crippen MR) is 69.5 cm³/mol. The quantitative estimate of drug-likeness (QED) is 0.790. The molecule has 1 aliphatic rings. The van der Waals surface area contributed by atoms with E-state index in [-0.39, 0.29) is 5.91 Å². The maximum atomic E-state index is 11.7. The van der Waals surface area contributed by atoms with E-state index >= 15 is 0 Å². The molecule has 0 heterocycles. The lowest BCUT2D eigenvalue weighted by atomic mass is 10.0. The second-order valence-corrected chi connectivity index (χ2v) is 4.67. The smallest absolute Gasteiger partial charge is 0.220 e. The topological polar surface area (TPSA) is 29.1 Å². The number of hydrogen-bond acceptors (Lipinski definition) is 1. The van der Waals surface area contributed by atoms with Crippen molar-refractivity contribution in [1.29, 1.82) is 0 Å². The van der Waals surface area contributed by atoms with E-state index in [4.69, 9.17) is 0 Å². The lowest BCUT2D eigenvalue weighted by Crippen LogP contribution is -2.24. The molecule has 0 spiro atoms. The van der Waals surface area contributed by atoms with Crippen LogP contribution in [0.2, 0.25) is 0 Å². The van der Waals surface area contributed by atoms with Crippen LogP contribution in [-0.4, -0.2) is 5.91 Å². The van der Waals surface area contributed by atoms with Crippen molar-refractivity contribution in [2.24, 2.45) is 5.92 Å². The molecule has 0 bridgehead atoms. The van der Waals surface area contributed by atoms with E-state index in [1.54, 1.807) is 0 Å². The first kappa shape index (κ1) is 11.9. The largest absolute Gasteiger partial charge is 0.352 e. The van der Waals surface area contributed by atoms with Gasteiger partial charge in [0.1, 0.15) is 0 Å². The van der Waals surface area contributed by atoms with Gasteiger partial charge in [0.2, 0.25) is 5.91 Å². The van der Waals surface area contributed by atoms with Crippen LogP contribution in [0, 0.1) is 12.8 Å². The first-order valence-corrected chi connectivity index (χ1v) is 6.23. The fraction of sp³-hybridized carbons (Fsp3) is 0.400. The lowest BCUT2D eigenvalue weighted by Gasteiger charge is -2.10. The first-order chi connectivity index (χ1) is 8.25. The number of aryl methyl sites for hydroxylation is 1. The molecule has 1 aromatic rings. The molecular formula is C15H19NO. The van der Waals surface area contributed by atoms with Crippen molar-refractivity contribution < 1.29 is 4.79 Å². The van der Waals surface area contributed by atoms with Gasteiger partial charge in [0.15, 0.2) is 0 Å². The van der Waals surface area contributed by atoms with Gasteiger partial charge in [-0.2, -0.15) is 0 Å². The predicted octanol–water partition coefficient (Wildman–Crippen LogP) is 2.97. The lowest BCUT2D eigenvalue weighted by molar-refractivity contribution is -0.121. The van der Waals surface area contributed by atoms with Gasteiger partial charge in [-0.3, -0.25) is 4.79 Å². The molecule has 1 N–H and O–H groups in total. The van der Waals surface area contributed by atoms with E-state index in [9.17, 15) is 4.79 Å². The van der Waals surface area contributed by atoms with Crippen LogP contribution in [0.1, 0.15) is 30.4 Å². The van der Waals surface area contributed by atoms with E-state index in [1.807, 2.05) is 12.1 Å². The van der Waals surface area contributed by atoms with Crippen LogP contribution >= 0.6 is 0 Å². The van der Waals surface area contributed by atoms with Gasteiger partial charge in [0.05, 0.1) is 0 Å². The molecule has 0 aromatic heterocycles. The standard InChI is InChI=1S/C15H19NO/c1-12-6-2-5-9-14(12)11-16-15(17)10-13-7-3-4-8-13/h2-3,5-7,9,13H,4,8,10-11H2,1H3,(H,16,17). The summed E-state index contributed by atoms with van der Waals surface area (Å²) in [6.45, 7) is 2.71. The number of carbonyl (C=O) groups is 1. The third kappa shape index (κ3) is 3.45. The Balaban J connectivity index is 1.80. The SMILES string of the molecule is Cc1ccccc1CNC(=O)CC1C=CCC1. The van der Waals surface area contributed by atoms with Gasteiger partial charge in [0.25, 0.3) is 0 Å². The Hall–Kier alpha value is -1.57. The molecule has 1 aliphatic carbocycles. The van der Waals surface area contributed by atoms with Crippen molar-refractivity contribution in [2.45, 2.75) is 32.7 Å². The molecule has 2 rings (SSSR count). The number of amides is 1. The second kappa shape index (κ2) is 5.67. The van der Waals surface area contributed by atoms with Crippen molar-refractivity contribution in [2.75, 3.05) is 0 Å². The summed E-state index contributed by atoms with van der Waals surface area (Å²) in [5.74, 6) is 0.608. The summed E-state index contributed by atoms with van der Waals surface area (Å²) in [4.78, 5) is 11.7. The monoisotopic (exact) mass is 229 g/mol. The van der Waals surface area contributed by atoms with Crippen LogP contribution in [0.15, 0.2) is 36.4 Å². The number of hydrogen-bond donors (Lipinski definition) is 1. The molecule has 1 aromatic carbocycles. The van der Waals surface area contributed by atoms with Gasteiger partial charge >= 0.3 is 0 Å². The molecule has 2 heteroatoms. The van der Waals surface area contributed by atoms with Crippen molar-refractivity contribution in [3.63, 3.8) is 0 Å². The molecule has 90 valence electrons. The molecule has 0 saturated carbocycles. The second-order valence-electron chi connectivity index (χ2n) is 4.67. The van der Waals surface area contributed by atoms with Crippen molar-refractivity contribution in [1.82, 2.24) is 5.32 Å². The van der Waals surface area contributed by atoms with E-state index in [0.29, 0.717) is 18.9 Å². The van der Waals surface area contributed by atoms with Crippen molar-refractivity contribution in [3.8, 4) is 0 Å². The maximum absolute atomic E-state index is 11.7. The van der Waals surface area contributed by atoms with Crippen LogP contribution in [0.3, 0.4) is 0 Å². The fourth-order valence-corrected chi connectivity index (χ4v) is 2.18. The Morgan fingerprint density at radius 2 is 2.24 bits per heavy atom. The summed E-state index contributed by atoms with van der Waals surface area (Å²) in [6, 6.07) is 8.16. The normalized spacial score (nSPS) is 18.3. The van der Waals surface area contributed by atoms with E-state index in [0.717, 1.165) is 12.8 Å². The molecule has 0 radical (unpaired) electrons. The molecule has 0 aliphatic heterocycles. The highest BCUT2D eigenvalue weighted by atomic mass is 16.1. The Morgan fingerprint density at radius 3 is 2.94 bits per heavy atom. The summed E-state index contributed by atoms with van der Waals surface area (Å²) in [5.41, 5.74) is 2.43. The minimum absolute atomic E-state index is 0.157. The summed E-state index contributed by atoms with van der Waals surface area (Å²) < 4.78 is 0. The minimum atomic E-state index is 0.157. The van der Waals surface area contributed by atoms with Crippen LogP contribution in [0.25, 0.3) is 0 Å². The third-order valence-electron chi connectivity index (χ3n) is 3.30. The zero-order valence-electron chi connectivity index (χ0n) is 10.3. The number of allylic oxidation sites excluding steroid dienone is 2. The molecule has 1 amide bonds. The van der Waals surface area contributed by atoms with Gasteiger partial charge in [-0.25, -0.2) is 0 Å². The summed E-state index contributed by atoms with van der Waals surface area (Å²) in [5, 5.41) is 2.99. The molecule has 1 atom stereocenters.